The first kappa shape index (κ1) is 13.1. The van der Waals surface area contributed by atoms with Crippen molar-refractivity contribution < 1.29 is 14.6 Å². The van der Waals surface area contributed by atoms with Gasteiger partial charge >= 0.3 is 5.97 Å². The zero-order chi connectivity index (χ0) is 14.7. The molecule has 0 bridgehead atoms. The number of fused-ring (bicyclic) bond motifs is 1. The number of aliphatic carboxylic acids is 1. The van der Waals surface area contributed by atoms with Crippen LogP contribution in [0.1, 0.15) is 6.42 Å². The molecule has 0 spiro atoms. The molecule has 0 aliphatic carbocycles. The minimum atomic E-state index is -0.838. The number of carboxylic acid groups (broad SMARTS) is 1. The Morgan fingerprint density at radius 1 is 1.19 bits per heavy atom. The fraction of sp³-hybridized carbons (Fsp3) is 0.133. The molecule has 6 nitrogen and oxygen atoms in total. The highest BCUT2D eigenvalue weighted by Gasteiger charge is 2.10. The zero-order valence-corrected chi connectivity index (χ0v) is 11.2. The highest BCUT2D eigenvalue weighted by atomic mass is 16.4. The lowest BCUT2D eigenvalue weighted by Gasteiger charge is -2.03. The third-order valence-electron chi connectivity index (χ3n) is 3.14. The van der Waals surface area contributed by atoms with E-state index in [-0.39, 0.29) is 6.42 Å². The molecule has 2 aromatic heterocycles. The van der Waals surface area contributed by atoms with Gasteiger partial charge < -0.3 is 5.11 Å². The van der Waals surface area contributed by atoms with E-state index in [0.717, 1.165) is 22.2 Å². The summed E-state index contributed by atoms with van der Waals surface area (Å²) in [5, 5.41) is 13.9. The molecule has 3 rings (SSSR count). The first-order chi connectivity index (χ1) is 10.2. The summed E-state index contributed by atoms with van der Waals surface area (Å²) in [5.74, 6) is -0.838. The number of aromatic nitrogens is 4. The van der Waals surface area contributed by atoms with Gasteiger partial charge in [0.2, 0.25) is 0 Å². The SMILES string of the molecule is O=C(O)CC[n+]1ccc(-c2ncnc3ccccc23)cn1. The van der Waals surface area contributed by atoms with E-state index in [4.69, 9.17) is 5.11 Å². The van der Waals surface area contributed by atoms with E-state index in [9.17, 15) is 4.79 Å². The average molecular weight is 281 g/mol. The van der Waals surface area contributed by atoms with Gasteiger partial charge in [0.25, 0.3) is 0 Å². The van der Waals surface area contributed by atoms with Crippen LogP contribution in [0.15, 0.2) is 49.1 Å². The molecule has 0 aliphatic rings. The summed E-state index contributed by atoms with van der Waals surface area (Å²) in [6.45, 7) is 0.347. The number of nitrogens with zero attached hydrogens (tertiary/aromatic N) is 4. The summed E-state index contributed by atoms with van der Waals surface area (Å²) >= 11 is 0. The second-order valence-electron chi connectivity index (χ2n) is 4.56. The van der Waals surface area contributed by atoms with Crippen LogP contribution in [0.2, 0.25) is 0 Å². The lowest BCUT2D eigenvalue weighted by molar-refractivity contribution is -0.752. The molecule has 0 aliphatic heterocycles. The lowest BCUT2D eigenvalue weighted by atomic mass is 10.1. The van der Waals surface area contributed by atoms with Crippen LogP contribution < -0.4 is 4.68 Å². The Hall–Kier alpha value is -2.89. The van der Waals surface area contributed by atoms with Gasteiger partial charge in [0.05, 0.1) is 11.2 Å². The van der Waals surface area contributed by atoms with Crippen LogP contribution in [-0.2, 0) is 11.3 Å². The molecule has 0 radical (unpaired) electrons. The molecule has 3 aromatic rings. The van der Waals surface area contributed by atoms with Crippen molar-refractivity contribution in [3.05, 3.63) is 49.1 Å². The summed E-state index contributed by atoms with van der Waals surface area (Å²) in [6, 6.07) is 9.66. The molecule has 0 saturated carbocycles. The summed E-state index contributed by atoms with van der Waals surface area (Å²) < 4.78 is 1.60. The maximum absolute atomic E-state index is 10.5. The standard InChI is InChI=1S/C15H12N4O2/c20-14(21)6-8-19-7-5-11(9-18-19)15-12-3-1-2-4-13(12)16-10-17-15/h1-5,7,9-10H,6,8H2/p+1. The van der Waals surface area contributed by atoms with Crippen LogP contribution in [0.3, 0.4) is 0 Å². The van der Waals surface area contributed by atoms with Gasteiger partial charge in [-0.25, -0.2) is 9.97 Å². The van der Waals surface area contributed by atoms with E-state index < -0.39 is 5.97 Å². The summed E-state index contributed by atoms with van der Waals surface area (Å²) in [4.78, 5) is 19.1. The number of aryl methyl sites for hydroxylation is 1. The van der Waals surface area contributed by atoms with Gasteiger partial charge in [0.1, 0.15) is 18.9 Å². The normalized spacial score (nSPS) is 10.7. The number of hydrogen-bond donors (Lipinski definition) is 1. The smallest absolute Gasteiger partial charge is 0.309 e. The number of hydrogen-bond acceptors (Lipinski definition) is 4. The van der Waals surface area contributed by atoms with E-state index in [2.05, 4.69) is 15.1 Å². The van der Waals surface area contributed by atoms with Crippen LogP contribution in [0, 0.1) is 0 Å². The molecular formula is C15H13N4O2+. The number of carboxylic acids is 1. The van der Waals surface area contributed by atoms with Crippen LogP contribution in [-0.4, -0.2) is 26.1 Å². The van der Waals surface area contributed by atoms with E-state index >= 15 is 0 Å². The molecular weight excluding hydrogens is 268 g/mol. The van der Waals surface area contributed by atoms with Crippen LogP contribution >= 0.6 is 0 Å². The van der Waals surface area contributed by atoms with Crippen molar-refractivity contribution in [3.63, 3.8) is 0 Å². The average Bonchev–Trinajstić information content (AvgIpc) is 2.53. The van der Waals surface area contributed by atoms with Crippen molar-refractivity contribution in [3.8, 4) is 11.3 Å². The quantitative estimate of drug-likeness (QED) is 0.732. The highest BCUT2D eigenvalue weighted by Crippen LogP contribution is 2.23. The number of rotatable bonds is 4. The monoisotopic (exact) mass is 281 g/mol. The first-order valence-corrected chi connectivity index (χ1v) is 6.52. The van der Waals surface area contributed by atoms with Crippen LogP contribution in [0.4, 0.5) is 0 Å². The maximum atomic E-state index is 10.5. The van der Waals surface area contributed by atoms with Gasteiger partial charge in [0, 0.05) is 17.0 Å². The van der Waals surface area contributed by atoms with Gasteiger partial charge in [-0.1, -0.05) is 22.9 Å². The molecule has 104 valence electrons. The third-order valence-corrected chi connectivity index (χ3v) is 3.14. The van der Waals surface area contributed by atoms with E-state index in [0.29, 0.717) is 6.54 Å². The summed E-state index contributed by atoms with van der Waals surface area (Å²) in [5.41, 5.74) is 2.57. The maximum Gasteiger partial charge on any atom is 0.309 e. The molecule has 6 heteroatoms. The van der Waals surface area contributed by atoms with Gasteiger partial charge in [-0.3, -0.25) is 4.79 Å². The van der Waals surface area contributed by atoms with Crippen molar-refractivity contribution in [2.24, 2.45) is 0 Å². The lowest BCUT2D eigenvalue weighted by Crippen LogP contribution is -2.38. The van der Waals surface area contributed by atoms with Crippen molar-refractivity contribution in [1.82, 2.24) is 15.1 Å². The fourth-order valence-corrected chi connectivity index (χ4v) is 2.10. The molecule has 0 atom stereocenters. The van der Waals surface area contributed by atoms with Gasteiger partial charge in [-0.15, -0.1) is 0 Å². The number of benzene rings is 1. The Balaban J connectivity index is 1.94. The Kier molecular flexibility index (Phi) is 3.51. The van der Waals surface area contributed by atoms with Gasteiger partial charge in [-0.2, -0.15) is 0 Å². The molecule has 0 fully saturated rings. The largest absolute Gasteiger partial charge is 0.481 e. The second-order valence-corrected chi connectivity index (χ2v) is 4.56. The highest BCUT2D eigenvalue weighted by molar-refractivity contribution is 5.91. The van der Waals surface area contributed by atoms with Crippen LogP contribution in [0.25, 0.3) is 22.2 Å². The van der Waals surface area contributed by atoms with Gasteiger partial charge in [0.15, 0.2) is 12.7 Å². The molecule has 0 saturated heterocycles. The fourth-order valence-electron chi connectivity index (χ4n) is 2.10. The minimum Gasteiger partial charge on any atom is -0.481 e. The van der Waals surface area contributed by atoms with E-state index in [1.807, 2.05) is 30.3 Å². The van der Waals surface area contributed by atoms with Crippen molar-refractivity contribution >= 4 is 16.9 Å². The predicted molar refractivity (Wildman–Crippen MR) is 75.2 cm³/mol. The first-order valence-electron chi connectivity index (χ1n) is 6.52. The van der Waals surface area contributed by atoms with Crippen molar-refractivity contribution in [2.75, 3.05) is 0 Å². The van der Waals surface area contributed by atoms with E-state index in [1.165, 1.54) is 6.33 Å². The number of carbonyl (C=O) groups is 1. The topological polar surface area (TPSA) is 79.9 Å². The predicted octanol–water partition coefficient (Wildman–Crippen LogP) is 1.45. The molecule has 21 heavy (non-hydrogen) atoms. The zero-order valence-electron chi connectivity index (χ0n) is 11.2. The molecule has 1 N–H and O–H groups in total. The Bertz CT molecular complexity index is 782. The Morgan fingerprint density at radius 3 is 2.81 bits per heavy atom. The molecule has 0 amide bonds. The van der Waals surface area contributed by atoms with E-state index in [1.54, 1.807) is 17.1 Å². The summed E-state index contributed by atoms with van der Waals surface area (Å²) in [7, 11) is 0. The second kappa shape index (κ2) is 5.62. The molecule has 1 aromatic carbocycles. The minimum absolute atomic E-state index is 0.0491. The molecule has 0 unspecified atom stereocenters. The van der Waals surface area contributed by atoms with Crippen LogP contribution in [0.5, 0.6) is 0 Å². The van der Waals surface area contributed by atoms with Gasteiger partial charge in [-0.05, 0) is 11.2 Å². The summed E-state index contributed by atoms with van der Waals surface area (Å²) in [6.07, 6.45) is 5.03. The Morgan fingerprint density at radius 2 is 2.05 bits per heavy atom. The third kappa shape index (κ3) is 2.84. The molecule has 2 heterocycles. The number of para-hydroxylation sites is 1. The van der Waals surface area contributed by atoms with Crippen molar-refractivity contribution in [1.29, 1.82) is 0 Å². The Labute approximate surface area is 120 Å². The van der Waals surface area contributed by atoms with Crippen molar-refractivity contribution in [2.45, 2.75) is 13.0 Å².